The summed E-state index contributed by atoms with van der Waals surface area (Å²) in [4.78, 5) is 34.0. The monoisotopic (exact) mass is 288 g/mol. The first-order chi connectivity index (χ1) is 9.35. The van der Waals surface area contributed by atoms with E-state index in [9.17, 15) is 14.4 Å². The van der Waals surface area contributed by atoms with Crippen LogP contribution < -0.4 is 5.32 Å². The lowest BCUT2D eigenvalue weighted by Gasteiger charge is -2.19. The van der Waals surface area contributed by atoms with Gasteiger partial charge >= 0.3 is 11.9 Å². The van der Waals surface area contributed by atoms with Crippen molar-refractivity contribution in [1.82, 2.24) is 10.2 Å². The van der Waals surface area contributed by atoms with E-state index in [1.807, 2.05) is 6.92 Å². The van der Waals surface area contributed by atoms with Crippen LogP contribution in [0.1, 0.15) is 39.5 Å². The molecule has 1 unspecified atom stereocenters. The van der Waals surface area contributed by atoms with E-state index in [-0.39, 0.29) is 18.5 Å². The van der Waals surface area contributed by atoms with E-state index in [0.29, 0.717) is 0 Å². The Balaban J connectivity index is 4.16. The van der Waals surface area contributed by atoms with Gasteiger partial charge in [0.05, 0.1) is 19.6 Å². The molecule has 0 heterocycles. The molecule has 0 rings (SSSR count). The fourth-order valence-corrected chi connectivity index (χ4v) is 1.85. The molecule has 20 heavy (non-hydrogen) atoms. The van der Waals surface area contributed by atoms with Crippen molar-refractivity contribution in [1.29, 1.82) is 0 Å². The predicted molar refractivity (Wildman–Crippen MR) is 73.5 cm³/mol. The highest BCUT2D eigenvalue weighted by Gasteiger charge is 2.17. The summed E-state index contributed by atoms with van der Waals surface area (Å²) in [5.41, 5.74) is 0. The molecule has 3 N–H and O–H groups in total. The van der Waals surface area contributed by atoms with Crippen molar-refractivity contribution in [3.05, 3.63) is 0 Å². The number of carbonyl (C=O) groups is 3. The molecule has 0 aromatic heterocycles. The van der Waals surface area contributed by atoms with Crippen molar-refractivity contribution in [2.75, 3.05) is 19.6 Å². The number of carboxylic acid groups (broad SMARTS) is 2. The summed E-state index contributed by atoms with van der Waals surface area (Å²) >= 11 is 0. The van der Waals surface area contributed by atoms with E-state index in [0.717, 1.165) is 30.6 Å². The largest absolute Gasteiger partial charge is 0.480 e. The van der Waals surface area contributed by atoms with E-state index in [1.54, 1.807) is 0 Å². The molecule has 0 spiro atoms. The molecule has 0 radical (unpaired) electrons. The summed E-state index contributed by atoms with van der Waals surface area (Å²) in [7, 11) is 0. The molecule has 7 nitrogen and oxygen atoms in total. The summed E-state index contributed by atoms with van der Waals surface area (Å²) in [6.45, 7) is 2.82. The molecule has 0 fully saturated rings. The minimum absolute atomic E-state index is 0.00514. The summed E-state index contributed by atoms with van der Waals surface area (Å²) in [6.07, 6.45) is 4.08. The number of carboxylic acids is 2. The van der Waals surface area contributed by atoms with Crippen molar-refractivity contribution in [3.8, 4) is 0 Å². The van der Waals surface area contributed by atoms with Crippen LogP contribution in [0.3, 0.4) is 0 Å². The lowest BCUT2D eigenvalue weighted by molar-refractivity contribution is -0.142. The molecule has 0 aromatic rings. The van der Waals surface area contributed by atoms with Gasteiger partial charge in [-0.25, -0.2) is 0 Å². The molecule has 116 valence electrons. The summed E-state index contributed by atoms with van der Waals surface area (Å²) in [6, 6.07) is 0.00514. The zero-order valence-electron chi connectivity index (χ0n) is 12.1. The third-order valence-corrected chi connectivity index (χ3v) is 2.73. The van der Waals surface area contributed by atoms with Gasteiger partial charge in [0.25, 0.3) is 0 Å². The van der Waals surface area contributed by atoms with Crippen LogP contribution in [-0.2, 0) is 14.4 Å². The molecular formula is C13H24N2O5. The minimum atomic E-state index is -1.16. The summed E-state index contributed by atoms with van der Waals surface area (Å²) in [5.74, 6) is -2.67. The highest BCUT2D eigenvalue weighted by molar-refractivity contribution is 5.80. The van der Waals surface area contributed by atoms with Crippen LogP contribution in [-0.4, -0.2) is 58.6 Å². The number of amides is 1. The number of aliphatic carboxylic acids is 2. The number of nitrogens with zero attached hydrogens (tertiary/aromatic N) is 1. The molecule has 1 amide bonds. The molecule has 0 bridgehead atoms. The van der Waals surface area contributed by atoms with Gasteiger partial charge in [0.2, 0.25) is 5.91 Å². The zero-order chi connectivity index (χ0) is 15.5. The van der Waals surface area contributed by atoms with Gasteiger partial charge in [-0.1, -0.05) is 26.2 Å². The minimum Gasteiger partial charge on any atom is -0.480 e. The van der Waals surface area contributed by atoms with Crippen molar-refractivity contribution in [3.63, 3.8) is 0 Å². The Kier molecular flexibility index (Phi) is 9.36. The van der Waals surface area contributed by atoms with Crippen LogP contribution in [0.15, 0.2) is 0 Å². The van der Waals surface area contributed by atoms with E-state index in [2.05, 4.69) is 12.2 Å². The number of nitrogens with one attached hydrogen (secondary N) is 1. The van der Waals surface area contributed by atoms with Crippen LogP contribution in [0.25, 0.3) is 0 Å². The summed E-state index contributed by atoms with van der Waals surface area (Å²) < 4.78 is 0. The highest BCUT2D eigenvalue weighted by atomic mass is 16.4. The Bertz CT molecular complexity index is 317. The van der Waals surface area contributed by atoms with Gasteiger partial charge in [-0.05, 0) is 13.3 Å². The maximum Gasteiger partial charge on any atom is 0.317 e. The first-order valence-corrected chi connectivity index (χ1v) is 6.80. The molecule has 7 heteroatoms. The number of hydrogen-bond acceptors (Lipinski definition) is 4. The maximum absolute atomic E-state index is 11.7. The van der Waals surface area contributed by atoms with Gasteiger partial charge in [0.1, 0.15) is 0 Å². The highest BCUT2D eigenvalue weighted by Crippen LogP contribution is 2.02. The summed E-state index contributed by atoms with van der Waals surface area (Å²) in [5, 5.41) is 20.1. The molecule has 0 saturated heterocycles. The first-order valence-electron chi connectivity index (χ1n) is 6.80. The third kappa shape index (κ3) is 10.3. The van der Waals surface area contributed by atoms with E-state index in [1.165, 1.54) is 0 Å². The van der Waals surface area contributed by atoms with Crippen LogP contribution in [0.4, 0.5) is 0 Å². The van der Waals surface area contributed by atoms with Crippen LogP contribution in [0, 0.1) is 0 Å². The topological polar surface area (TPSA) is 107 Å². The fraction of sp³-hybridized carbons (Fsp3) is 0.769. The number of unbranched alkanes of at least 4 members (excludes halogenated alkanes) is 2. The predicted octanol–water partition coefficient (Wildman–Crippen LogP) is 0.543. The van der Waals surface area contributed by atoms with Crippen LogP contribution >= 0.6 is 0 Å². The van der Waals surface area contributed by atoms with Gasteiger partial charge in [-0.2, -0.15) is 0 Å². The molecule has 0 saturated carbocycles. The average molecular weight is 288 g/mol. The molecule has 0 aromatic carbocycles. The van der Waals surface area contributed by atoms with Gasteiger partial charge in [0, 0.05) is 6.04 Å². The van der Waals surface area contributed by atoms with Crippen molar-refractivity contribution < 1.29 is 24.6 Å². The second-order valence-corrected chi connectivity index (χ2v) is 4.90. The van der Waals surface area contributed by atoms with Gasteiger partial charge in [0.15, 0.2) is 0 Å². The average Bonchev–Trinajstić information content (AvgIpc) is 2.26. The van der Waals surface area contributed by atoms with E-state index in [4.69, 9.17) is 10.2 Å². The lowest BCUT2D eigenvalue weighted by atomic mass is 10.1. The number of hydrogen-bond donors (Lipinski definition) is 3. The Morgan fingerprint density at radius 3 is 2.05 bits per heavy atom. The quantitative estimate of drug-likeness (QED) is 0.479. The Morgan fingerprint density at radius 2 is 1.60 bits per heavy atom. The Morgan fingerprint density at radius 1 is 1.05 bits per heavy atom. The van der Waals surface area contributed by atoms with Crippen LogP contribution in [0.2, 0.25) is 0 Å². The normalized spacial score (nSPS) is 12.2. The second kappa shape index (κ2) is 10.2. The van der Waals surface area contributed by atoms with Crippen molar-refractivity contribution in [2.45, 2.75) is 45.6 Å². The van der Waals surface area contributed by atoms with E-state index >= 15 is 0 Å². The van der Waals surface area contributed by atoms with Gasteiger partial charge in [-0.3, -0.25) is 19.3 Å². The molecule has 0 aliphatic rings. The third-order valence-electron chi connectivity index (χ3n) is 2.73. The smallest absolute Gasteiger partial charge is 0.317 e. The van der Waals surface area contributed by atoms with Gasteiger partial charge in [-0.15, -0.1) is 0 Å². The first kappa shape index (κ1) is 18.4. The number of rotatable bonds is 11. The van der Waals surface area contributed by atoms with Gasteiger partial charge < -0.3 is 15.5 Å². The lowest BCUT2D eigenvalue weighted by Crippen LogP contribution is -2.44. The maximum atomic E-state index is 11.7. The molecular weight excluding hydrogens is 264 g/mol. The number of carbonyl (C=O) groups excluding carboxylic acids is 1. The zero-order valence-corrected chi connectivity index (χ0v) is 12.1. The van der Waals surface area contributed by atoms with Crippen LogP contribution in [0.5, 0.6) is 0 Å². The SMILES string of the molecule is CCCCCC(C)NC(=O)CN(CC(=O)O)CC(=O)O. The second-order valence-electron chi connectivity index (χ2n) is 4.90. The van der Waals surface area contributed by atoms with E-state index < -0.39 is 25.0 Å². The Hall–Kier alpha value is -1.63. The standard InChI is InChI=1S/C13H24N2O5/c1-3-4-5-6-10(2)14-11(16)7-15(8-12(17)18)9-13(19)20/h10H,3-9H2,1-2H3,(H,14,16)(H,17,18)(H,19,20). The Labute approximate surface area is 119 Å². The fourth-order valence-electron chi connectivity index (χ4n) is 1.85. The molecule has 0 aliphatic heterocycles. The molecule has 1 atom stereocenters. The van der Waals surface area contributed by atoms with Crippen molar-refractivity contribution >= 4 is 17.8 Å². The molecule has 0 aliphatic carbocycles. The van der Waals surface area contributed by atoms with Crippen molar-refractivity contribution in [2.24, 2.45) is 0 Å².